The van der Waals surface area contributed by atoms with Crippen LogP contribution in [0.3, 0.4) is 0 Å². The average Bonchev–Trinajstić information content (AvgIpc) is 2.60. The molecule has 0 radical (unpaired) electrons. The van der Waals surface area contributed by atoms with Gasteiger partial charge in [0.15, 0.2) is 12.6 Å². The van der Waals surface area contributed by atoms with Gasteiger partial charge < -0.3 is 15.4 Å². The van der Waals surface area contributed by atoms with E-state index in [-0.39, 0.29) is 29.9 Å². The van der Waals surface area contributed by atoms with Gasteiger partial charge in [-0.2, -0.15) is 13.2 Å². The molecule has 0 saturated heterocycles. The van der Waals surface area contributed by atoms with Crippen LogP contribution in [0.5, 0.6) is 5.88 Å². The number of hydrogen-bond acceptors (Lipinski definition) is 4. The third-order valence-electron chi connectivity index (χ3n) is 3.94. The summed E-state index contributed by atoms with van der Waals surface area (Å²) in [5, 5.41) is 6.46. The Morgan fingerprint density at radius 3 is 2.41 bits per heavy atom. The SMILES string of the molecule is CCNC(=NCc1ccnc(OCC(F)(F)F)c1)NCCN(C(C)C)C(C)C.I. The summed E-state index contributed by atoms with van der Waals surface area (Å²) in [6.07, 6.45) is -2.97. The van der Waals surface area contributed by atoms with E-state index in [1.165, 1.54) is 12.3 Å². The molecular formula is C19H33F3IN5O. The van der Waals surface area contributed by atoms with Crippen molar-refractivity contribution in [2.24, 2.45) is 4.99 Å². The molecule has 6 nitrogen and oxygen atoms in total. The number of aliphatic imine (C=N–C) groups is 1. The maximum atomic E-state index is 12.3. The van der Waals surface area contributed by atoms with E-state index in [1.54, 1.807) is 6.07 Å². The molecule has 0 aliphatic carbocycles. The Hall–Kier alpha value is -1.30. The van der Waals surface area contributed by atoms with E-state index in [9.17, 15) is 13.2 Å². The highest BCUT2D eigenvalue weighted by Gasteiger charge is 2.28. The monoisotopic (exact) mass is 531 g/mol. The van der Waals surface area contributed by atoms with E-state index in [1.807, 2.05) is 6.92 Å². The molecule has 0 unspecified atom stereocenters. The number of nitrogens with one attached hydrogen (secondary N) is 2. The Balaban J connectivity index is 0.00000784. The van der Waals surface area contributed by atoms with E-state index in [0.717, 1.165) is 18.7 Å². The molecule has 1 aromatic rings. The highest BCUT2D eigenvalue weighted by atomic mass is 127. The summed E-state index contributed by atoms with van der Waals surface area (Å²) >= 11 is 0. The summed E-state index contributed by atoms with van der Waals surface area (Å²) in [6.45, 7) is 11.9. The highest BCUT2D eigenvalue weighted by molar-refractivity contribution is 14.0. The summed E-state index contributed by atoms with van der Waals surface area (Å²) in [6, 6.07) is 4.08. The first kappa shape index (κ1) is 27.7. The molecule has 10 heteroatoms. The van der Waals surface area contributed by atoms with Gasteiger partial charge >= 0.3 is 6.18 Å². The minimum atomic E-state index is -4.39. The summed E-state index contributed by atoms with van der Waals surface area (Å²) in [5.41, 5.74) is 0.718. The Morgan fingerprint density at radius 2 is 1.86 bits per heavy atom. The van der Waals surface area contributed by atoms with Crippen molar-refractivity contribution in [1.29, 1.82) is 0 Å². The van der Waals surface area contributed by atoms with Gasteiger partial charge in [-0.25, -0.2) is 9.98 Å². The van der Waals surface area contributed by atoms with Crippen LogP contribution in [-0.2, 0) is 6.54 Å². The molecule has 0 fully saturated rings. The lowest BCUT2D eigenvalue weighted by Gasteiger charge is -2.30. The first-order valence-electron chi connectivity index (χ1n) is 9.54. The molecule has 0 spiro atoms. The summed E-state index contributed by atoms with van der Waals surface area (Å²) in [7, 11) is 0. The quantitative estimate of drug-likeness (QED) is 0.273. The second-order valence-corrected chi connectivity index (χ2v) is 6.95. The van der Waals surface area contributed by atoms with Crippen molar-refractivity contribution in [2.45, 2.75) is 59.4 Å². The van der Waals surface area contributed by atoms with Gasteiger partial charge in [-0.05, 0) is 46.2 Å². The van der Waals surface area contributed by atoms with Crippen LogP contribution in [0.2, 0.25) is 0 Å². The zero-order chi connectivity index (χ0) is 21.2. The summed E-state index contributed by atoms with van der Waals surface area (Å²) < 4.78 is 41.5. The number of aromatic nitrogens is 1. The molecule has 2 N–H and O–H groups in total. The number of ether oxygens (including phenoxy) is 1. The van der Waals surface area contributed by atoms with Crippen LogP contribution in [0.25, 0.3) is 0 Å². The molecule has 29 heavy (non-hydrogen) atoms. The van der Waals surface area contributed by atoms with Gasteiger partial charge in [0.05, 0.1) is 6.54 Å². The molecule has 0 aromatic carbocycles. The zero-order valence-corrected chi connectivity index (χ0v) is 20.0. The van der Waals surface area contributed by atoms with Gasteiger partial charge in [0, 0.05) is 44.0 Å². The van der Waals surface area contributed by atoms with Gasteiger partial charge in [0.25, 0.3) is 0 Å². The van der Waals surface area contributed by atoms with E-state index < -0.39 is 12.8 Å². The van der Waals surface area contributed by atoms with E-state index in [4.69, 9.17) is 0 Å². The van der Waals surface area contributed by atoms with Crippen LogP contribution < -0.4 is 15.4 Å². The molecule has 1 aromatic heterocycles. The second-order valence-electron chi connectivity index (χ2n) is 6.95. The van der Waals surface area contributed by atoms with Gasteiger partial charge in [0.1, 0.15) is 0 Å². The number of pyridine rings is 1. The van der Waals surface area contributed by atoms with Crippen molar-refractivity contribution < 1.29 is 17.9 Å². The number of halogens is 4. The second kappa shape index (κ2) is 13.8. The lowest BCUT2D eigenvalue weighted by atomic mass is 10.2. The van der Waals surface area contributed by atoms with Gasteiger partial charge in [-0.15, -0.1) is 24.0 Å². The number of nitrogens with zero attached hydrogens (tertiary/aromatic N) is 3. The number of alkyl halides is 3. The van der Waals surface area contributed by atoms with Crippen LogP contribution >= 0.6 is 24.0 Å². The maximum Gasteiger partial charge on any atom is 0.422 e. The van der Waals surface area contributed by atoms with Crippen LogP contribution in [0.15, 0.2) is 23.3 Å². The van der Waals surface area contributed by atoms with Crippen molar-refractivity contribution in [3.63, 3.8) is 0 Å². The predicted octanol–water partition coefficient (Wildman–Crippen LogP) is 3.81. The van der Waals surface area contributed by atoms with E-state index >= 15 is 0 Å². The smallest absolute Gasteiger partial charge is 0.422 e. The number of hydrogen-bond donors (Lipinski definition) is 2. The first-order chi connectivity index (χ1) is 13.1. The molecule has 0 atom stereocenters. The Kier molecular flexibility index (Phi) is 13.2. The van der Waals surface area contributed by atoms with Crippen molar-refractivity contribution >= 4 is 29.9 Å². The van der Waals surface area contributed by atoms with Crippen LogP contribution in [-0.4, -0.2) is 60.3 Å². The first-order valence-corrected chi connectivity index (χ1v) is 9.54. The normalized spacial score (nSPS) is 12.3. The molecule has 0 saturated carbocycles. The lowest BCUT2D eigenvalue weighted by Crippen LogP contribution is -2.45. The van der Waals surface area contributed by atoms with Crippen molar-refractivity contribution in [3.8, 4) is 5.88 Å². The highest BCUT2D eigenvalue weighted by Crippen LogP contribution is 2.17. The minimum Gasteiger partial charge on any atom is -0.468 e. The van der Waals surface area contributed by atoms with Crippen LogP contribution in [0.4, 0.5) is 13.2 Å². The van der Waals surface area contributed by atoms with Crippen molar-refractivity contribution in [3.05, 3.63) is 23.9 Å². The fourth-order valence-electron chi connectivity index (χ4n) is 2.71. The summed E-state index contributed by atoms with van der Waals surface area (Å²) in [5.74, 6) is 0.594. The fourth-order valence-corrected chi connectivity index (χ4v) is 2.71. The Labute approximate surface area is 188 Å². The predicted molar refractivity (Wildman–Crippen MR) is 121 cm³/mol. The van der Waals surface area contributed by atoms with E-state index in [0.29, 0.717) is 31.1 Å². The third kappa shape index (κ3) is 12.1. The molecule has 0 aliphatic rings. The average molecular weight is 531 g/mol. The maximum absolute atomic E-state index is 12.3. The Bertz CT molecular complexity index is 604. The van der Waals surface area contributed by atoms with Crippen LogP contribution in [0, 0.1) is 0 Å². The zero-order valence-electron chi connectivity index (χ0n) is 17.7. The molecule has 1 rings (SSSR count). The number of rotatable bonds is 10. The fraction of sp³-hybridized carbons (Fsp3) is 0.684. The molecule has 0 aliphatic heterocycles. The van der Waals surface area contributed by atoms with Crippen LogP contribution in [0.1, 0.15) is 40.2 Å². The molecule has 1 heterocycles. The van der Waals surface area contributed by atoms with Gasteiger partial charge in [-0.3, -0.25) is 4.90 Å². The molecule has 168 valence electrons. The van der Waals surface area contributed by atoms with Crippen molar-refractivity contribution in [2.75, 3.05) is 26.2 Å². The lowest BCUT2D eigenvalue weighted by molar-refractivity contribution is -0.154. The largest absolute Gasteiger partial charge is 0.468 e. The third-order valence-corrected chi connectivity index (χ3v) is 3.94. The minimum absolute atomic E-state index is 0. The van der Waals surface area contributed by atoms with Crippen molar-refractivity contribution in [1.82, 2.24) is 20.5 Å². The van der Waals surface area contributed by atoms with Gasteiger partial charge in [-0.1, -0.05) is 0 Å². The Morgan fingerprint density at radius 1 is 1.21 bits per heavy atom. The molecule has 0 amide bonds. The summed E-state index contributed by atoms with van der Waals surface area (Å²) in [4.78, 5) is 10.7. The van der Waals surface area contributed by atoms with E-state index in [2.05, 4.69) is 57.9 Å². The van der Waals surface area contributed by atoms with Gasteiger partial charge in [0.2, 0.25) is 5.88 Å². The topological polar surface area (TPSA) is 61.8 Å². The standard InChI is InChI=1S/C19H32F3N5O.HI/c1-6-23-18(25-9-10-27(14(2)3)15(4)5)26-12-16-7-8-24-17(11-16)28-13-19(20,21)22;/h7-8,11,14-15H,6,9-10,12-13H2,1-5H3,(H2,23,25,26);1H. The molecule has 0 bridgehead atoms. The number of guanidine groups is 1. The molecular weight excluding hydrogens is 498 g/mol.